The highest BCUT2D eigenvalue weighted by Gasteiger charge is 2.52. The van der Waals surface area contributed by atoms with Crippen molar-refractivity contribution in [3.63, 3.8) is 0 Å². The minimum atomic E-state index is -7.22. The number of ether oxygens (including phenoxy) is 2. The Balaban J connectivity index is 0.000000269. The van der Waals surface area contributed by atoms with Crippen molar-refractivity contribution in [2.75, 3.05) is 13.2 Å². The van der Waals surface area contributed by atoms with Gasteiger partial charge in [0.2, 0.25) is 5.52 Å². The number of pyridine rings is 1. The van der Waals surface area contributed by atoms with E-state index in [1.54, 1.807) is 0 Å². The largest absolute Gasteiger partial charge is 0.462 e. The van der Waals surface area contributed by atoms with Crippen LogP contribution >= 0.6 is 0 Å². The Labute approximate surface area is 452 Å². The van der Waals surface area contributed by atoms with Gasteiger partial charge in [-0.25, -0.2) is 97.4 Å². The van der Waals surface area contributed by atoms with E-state index in [1.807, 2.05) is 72.9 Å². The Kier molecular flexibility index (Phi) is 20.7. The number of rotatable bonds is 19. The standard InChI is InChI=1S/C32H40NO4.C24BF20/c1-3-5-7-14-23-36-31(34)30(32(35)37-24-15-8-6-4-2)28(26-17-10-9-11-18-26)25-33-22-16-20-27-19-12-13-21-29(27)33;26-5-1(6(27)14(35)21(42)13(5)34)25(2-7(28)15(36)22(43)16(37)8(2)29,3-9(30)17(38)23(44)18(39)10(3)31)4-11(32)19(40)24(45)20(41)12(4)33/h9-13,16-22H,3-8,14-15,23-25H2,1-2H3;/q+1;-1. The molecule has 0 saturated carbocycles. The van der Waals surface area contributed by atoms with Crippen molar-refractivity contribution in [3.8, 4) is 0 Å². The normalized spacial score (nSPS) is 11.4. The summed E-state index contributed by atoms with van der Waals surface area (Å²) < 4.78 is 307. The molecule has 7 aromatic rings. The summed E-state index contributed by atoms with van der Waals surface area (Å²) in [5.41, 5.74) is -11.9. The van der Waals surface area contributed by atoms with Crippen molar-refractivity contribution in [3.05, 3.63) is 200 Å². The third kappa shape index (κ3) is 11.9. The minimum Gasteiger partial charge on any atom is -0.462 e. The van der Waals surface area contributed by atoms with Crippen LogP contribution in [0.1, 0.15) is 70.8 Å². The zero-order valence-electron chi connectivity index (χ0n) is 42.4. The number of hydrogen-bond donors (Lipinski definition) is 0. The number of unbranched alkanes of at least 4 members (excludes halogenated alkanes) is 6. The van der Waals surface area contributed by atoms with Gasteiger partial charge >= 0.3 is 11.9 Å². The fourth-order valence-electron chi connectivity index (χ4n) is 9.22. The van der Waals surface area contributed by atoms with E-state index in [9.17, 15) is 62.3 Å². The van der Waals surface area contributed by atoms with Gasteiger partial charge in [0.05, 0.1) is 13.2 Å². The van der Waals surface area contributed by atoms with E-state index in [-0.39, 0.29) is 18.8 Å². The lowest BCUT2D eigenvalue weighted by Gasteiger charge is -2.44. The first kappa shape index (κ1) is 63.3. The molecule has 0 radical (unpaired) electrons. The summed E-state index contributed by atoms with van der Waals surface area (Å²) in [5, 5.41) is 1.08. The molecule has 0 N–H and O–H groups in total. The summed E-state index contributed by atoms with van der Waals surface area (Å²) in [6, 6.07) is 21.7. The number of fused-ring (bicyclic) bond motifs is 1. The zero-order valence-corrected chi connectivity index (χ0v) is 42.4. The molecule has 0 aliphatic rings. The van der Waals surface area contributed by atoms with E-state index in [2.05, 4.69) is 18.4 Å². The highest BCUT2D eigenvalue weighted by molar-refractivity contribution is 7.20. The molecule has 0 aliphatic carbocycles. The summed E-state index contributed by atoms with van der Waals surface area (Å²) in [4.78, 5) is 26.9. The maximum absolute atomic E-state index is 15.4. The van der Waals surface area contributed by atoms with E-state index in [0.717, 1.165) is 67.8 Å². The van der Waals surface area contributed by atoms with Crippen molar-refractivity contribution in [2.24, 2.45) is 0 Å². The summed E-state index contributed by atoms with van der Waals surface area (Å²) in [6.07, 6.45) is 2.66. The van der Waals surface area contributed by atoms with Gasteiger partial charge in [0.1, 0.15) is 52.7 Å². The average molecular weight is 1180 g/mol. The Morgan fingerprint density at radius 1 is 0.378 bits per heavy atom. The molecule has 5 nitrogen and oxygen atoms in total. The number of carbonyl (C=O) groups excluding carboxylic acids is 2. The molecular formula is C56H40BF20NO4. The molecule has 0 bridgehead atoms. The third-order valence-corrected chi connectivity index (χ3v) is 13.1. The summed E-state index contributed by atoms with van der Waals surface area (Å²) in [5.74, 6) is -72.6. The van der Waals surface area contributed by atoms with E-state index < -0.39 is 156 Å². The second kappa shape index (κ2) is 26.8. The van der Waals surface area contributed by atoms with Gasteiger partial charge in [-0.3, -0.25) is 0 Å². The Morgan fingerprint density at radius 3 is 1.02 bits per heavy atom. The van der Waals surface area contributed by atoms with Gasteiger partial charge in [-0.15, -0.1) is 21.9 Å². The van der Waals surface area contributed by atoms with E-state index >= 15 is 35.1 Å². The van der Waals surface area contributed by atoms with Crippen LogP contribution < -0.4 is 26.4 Å². The third-order valence-electron chi connectivity index (χ3n) is 13.1. The van der Waals surface area contributed by atoms with Crippen molar-refractivity contribution < 1.29 is 111 Å². The molecule has 6 aromatic carbocycles. The molecule has 0 aliphatic heterocycles. The molecule has 1 aromatic heterocycles. The predicted octanol–water partition coefficient (Wildman–Crippen LogP) is 12.7. The Hall–Kier alpha value is -7.93. The lowest BCUT2D eigenvalue weighted by molar-refractivity contribution is -0.658. The monoisotopic (exact) mass is 1180 g/mol. The maximum atomic E-state index is 15.4. The second-order valence-corrected chi connectivity index (χ2v) is 18.1. The minimum absolute atomic E-state index is 0.0161. The number of para-hydroxylation sites is 1. The van der Waals surface area contributed by atoms with Crippen LogP contribution in [0.15, 0.2) is 78.5 Å². The molecule has 0 amide bonds. The molecule has 0 unspecified atom stereocenters. The number of esters is 2. The van der Waals surface area contributed by atoms with Gasteiger partial charge < -0.3 is 9.47 Å². The lowest BCUT2D eigenvalue weighted by atomic mass is 9.12. The smallest absolute Gasteiger partial charge is 0.346 e. The summed E-state index contributed by atoms with van der Waals surface area (Å²) >= 11 is 0. The zero-order chi connectivity index (χ0) is 60.7. The molecule has 0 fully saturated rings. The summed E-state index contributed by atoms with van der Waals surface area (Å²) in [6.45, 7) is 5.18. The van der Waals surface area contributed by atoms with Gasteiger partial charge in [-0.1, -0.05) is 94.8 Å². The van der Waals surface area contributed by atoms with Gasteiger partial charge in [0.15, 0.2) is 88.1 Å². The quantitative estimate of drug-likeness (QED) is 0.00774. The van der Waals surface area contributed by atoms with Crippen LogP contribution in [0.2, 0.25) is 0 Å². The van der Waals surface area contributed by atoms with Gasteiger partial charge in [0, 0.05) is 23.1 Å². The van der Waals surface area contributed by atoms with Crippen LogP contribution in [-0.2, 0) is 25.6 Å². The topological polar surface area (TPSA) is 56.5 Å². The summed E-state index contributed by atoms with van der Waals surface area (Å²) in [7, 11) is 0. The number of carbonyl (C=O) groups is 2. The first-order chi connectivity index (χ1) is 38.9. The molecule has 0 spiro atoms. The fraction of sp³-hybridized carbons (Fsp3) is 0.232. The molecule has 7 rings (SSSR count). The number of benzene rings is 6. The van der Waals surface area contributed by atoms with Crippen molar-refractivity contribution in [1.29, 1.82) is 0 Å². The number of allylic oxidation sites excluding steroid dienone is 1. The number of aromatic nitrogens is 1. The van der Waals surface area contributed by atoms with Gasteiger partial charge in [0.25, 0.3) is 0 Å². The molecule has 0 atom stereocenters. The number of halogens is 20. The molecular weight excluding hydrogens is 1140 g/mol. The lowest BCUT2D eigenvalue weighted by Crippen LogP contribution is -2.81. The highest BCUT2D eigenvalue weighted by Crippen LogP contribution is 2.31. The average Bonchev–Trinajstić information content (AvgIpc) is 0.924. The Morgan fingerprint density at radius 2 is 0.683 bits per heavy atom. The first-order valence-electron chi connectivity index (χ1n) is 24.6. The maximum Gasteiger partial charge on any atom is 0.346 e. The van der Waals surface area contributed by atoms with Crippen LogP contribution in [0.25, 0.3) is 16.5 Å². The first-order valence-corrected chi connectivity index (χ1v) is 24.6. The van der Waals surface area contributed by atoms with Crippen LogP contribution in [0.5, 0.6) is 0 Å². The second-order valence-electron chi connectivity index (χ2n) is 18.1. The molecule has 82 heavy (non-hydrogen) atoms. The van der Waals surface area contributed by atoms with Crippen molar-refractivity contribution >= 4 is 56.4 Å². The van der Waals surface area contributed by atoms with Crippen LogP contribution in [0.4, 0.5) is 87.8 Å². The van der Waals surface area contributed by atoms with Gasteiger partial charge in [-0.2, -0.15) is 4.57 Å². The van der Waals surface area contributed by atoms with Crippen molar-refractivity contribution in [1.82, 2.24) is 0 Å². The number of hydrogen-bond acceptors (Lipinski definition) is 4. The Bertz CT molecular complexity index is 3190. The molecule has 0 saturated heterocycles. The van der Waals surface area contributed by atoms with E-state index in [0.29, 0.717) is 12.1 Å². The van der Waals surface area contributed by atoms with E-state index in [4.69, 9.17) is 9.47 Å². The molecule has 436 valence electrons. The molecule has 1 heterocycles. The SMILES string of the molecule is CCCCCCOC(=O)C(C(=O)OCCCCCC)=C(C[n+]1cccc2ccccc21)c1ccccc1.Fc1c(F)c(F)c([B-](c2c(F)c(F)c(F)c(F)c2F)(c2c(F)c(F)c(F)c(F)c2F)c2c(F)c(F)c(F)c(F)c2F)c(F)c1F. The molecule has 26 heteroatoms. The highest BCUT2D eigenvalue weighted by atomic mass is 19.2. The van der Waals surface area contributed by atoms with Crippen LogP contribution in [0.3, 0.4) is 0 Å². The fourth-order valence-corrected chi connectivity index (χ4v) is 9.22. The number of nitrogens with zero attached hydrogens (tertiary/aromatic N) is 1. The van der Waals surface area contributed by atoms with E-state index in [1.165, 1.54) is 0 Å². The van der Waals surface area contributed by atoms with Crippen molar-refractivity contribution in [2.45, 2.75) is 71.8 Å². The van der Waals surface area contributed by atoms with Crippen LogP contribution in [0, 0.1) is 116 Å². The van der Waals surface area contributed by atoms with Gasteiger partial charge in [-0.05, 0) is 30.5 Å². The van der Waals surface area contributed by atoms with Crippen LogP contribution in [-0.4, -0.2) is 31.3 Å². The predicted molar refractivity (Wildman–Crippen MR) is 257 cm³/mol.